The van der Waals surface area contributed by atoms with Gasteiger partial charge < -0.3 is 10.1 Å². The summed E-state index contributed by atoms with van der Waals surface area (Å²) in [4.78, 5) is 12.0. The fourth-order valence-corrected chi connectivity index (χ4v) is 2.52. The molecule has 0 fully saturated rings. The second-order valence-corrected chi connectivity index (χ2v) is 8.13. The topological polar surface area (TPSA) is 72.5 Å². The lowest BCUT2D eigenvalue weighted by Gasteiger charge is -2.12. The molecular weight excluding hydrogens is 326 g/mol. The standard InChI is InChI=1S/C18H21NO4S/c1-13-6-4-7-15(10-13)12-23-17-9-5-8-16(11-17)19-18(20)14(2)24(3,21)22/h4-11,14H,12H2,1-3H3,(H,19,20)/t14-/m1/s1. The molecule has 2 aromatic carbocycles. The molecule has 0 spiro atoms. The van der Waals surface area contributed by atoms with Crippen LogP contribution in [-0.2, 0) is 21.2 Å². The summed E-state index contributed by atoms with van der Waals surface area (Å²) in [6.45, 7) is 3.80. The SMILES string of the molecule is Cc1cccc(COc2cccc(NC(=O)[C@@H](C)S(C)(=O)=O)c2)c1. The van der Waals surface area contributed by atoms with Gasteiger partial charge in [-0.05, 0) is 31.5 Å². The Labute approximate surface area is 142 Å². The van der Waals surface area contributed by atoms with Crippen LogP contribution in [0.15, 0.2) is 48.5 Å². The minimum Gasteiger partial charge on any atom is -0.489 e. The first-order valence-electron chi connectivity index (χ1n) is 7.54. The summed E-state index contributed by atoms with van der Waals surface area (Å²) >= 11 is 0. The Kier molecular flexibility index (Phi) is 5.62. The van der Waals surface area contributed by atoms with E-state index in [0.717, 1.165) is 17.4 Å². The third-order valence-corrected chi connectivity index (χ3v) is 5.10. The van der Waals surface area contributed by atoms with Crippen LogP contribution in [-0.4, -0.2) is 25.8 Å². The number of ether oxygens (including phenoxy) is 1. The number of nitrogens with one attached hydrogen (secondary N) is 1. The number of sulfone groups is 1. The lowest BCUT2D eigenvalue weighted by atomic mass is 10.1. The van der Waals surface area contributed by atoms with Gasteiger partial charge in [0.2, 0.25) is 5.91 Å². The highest BCUT2D eigenvalue weighted by Gasteiger charge is 2.23. The highest BCUT2D eigenvalue weighted by Crippen LogP contribution is 2.19. The van der Waals surface area contributed by atoms with Gasteiger partial charge in [0, 0.05) is 18.0 Å². The van der Waals surface area contributed by atoms with Crippen molar-refractivity contribution in [1.82, 2.24) is 0 Å². The van der Waals surface area contributed by atoms with Crippen molar-refractivity contribution in [3.63, 3.8) is 0 Å². The quantitative estimate of drug-likeness (QED) is 0.872. The molecule has 128 valence electrons. The first kappa shape index (κ1) is 18.0. The van der Waals surface area contributed by atoms with Crippen molar-refractivity contribution in [3.05, 3.63) is 59.7 Å². The molecule has 0 radical (unpaired) electrons. The molecule has 0 aliphatic carbocycles. The van der Waals surface area contributed by atoms with Crippen LogP contribution >= 0.6 is 0 Å². The maximum absolute atomic E-state index is 12.0. The third-order valence-electron chi connectivity index (χ3n) is 3.60. The molecule has 0 aliphatic rings. The molecule has 0 saturated heterocycles. The van der Waals surface area contributed by atoms with Gasteiger partial charge in [-0.3, -0.25) is 4.79 Å². The summed E-state index contributed by atoms with van der Waals surface area (Å²) in [6, 6.07) is 14.9. The van der Waals surface area contributed by atoms with Crippen LogP contribution in [0, 0.1) is 6.92 Å². The van der Waals surface area contributed by atoms with Crippen LogP contribution in [0.25, 0.3) is 0 Å². The molecule has 1 N–H and O–H groups in total. The molecule has 0 aliphatic heterocycles. The molecule has 24 heavy (non-hydrogen) atoms. The van der Waals surface area contributed by atoms with E-state index in [4.69, 9.17) is 4.74 Å². The van der Waals surface area contributed by atoms with Crippen LogP contribution < -0.4 is 10.1 Å². The maximum Gasteiger partial charge on any atom is 0.242 e. The van der Waals surface area contributed by atoms with Gasteiger partial charge in [-0.2, -0.15) is 0 Å². The monoisotopic (exact) mass is 347 g/mol. The normalized spacial score (nSPS) is 12.5. The Hall–Kier alpha value is -2.34. The molecular formula is C18H21NO4S. The summed E-state index contributed by atoms with van der Waals surface area (Å²) in [6.07, 6.45) is 1.04. The average molecular weight is 347 g/mol. The zero-order valence-corrected chi connectivity index (χ0v) is 14.8. The Bertz CT molecular complexity index is 830. The summed E-state index contributed by atoms with van der Waals surface area (Å²) < 4.78 is 28.6. The number of amides is 1. The van der Waals surface area contributed by atoms with E-state index in [-0.39, 0.29) is 0 Å². The minimum atomic E-state index is -3.43. The number of carbonyl (C=O) groups excluding carboxylic acids is 1. The van der Waals surface area contributed by atoms with Crippen molar-refractivity contribution in [2.75, 3.05) is 11.6 Å². The number of aryl methyl sites for hydroxylation is 1. The van der Waals surface area contributed by atoms with E-state index in [1.165, 1.54) is 6.92 Å². The molecule has 1 atom stereocenters. The summed E-state index contributed by atoms with van der Waals surface area (Å²) in [5, 5.41) is 1.50. The van der Waals surface area contributed by atoms with Crippen molar-refractivity contribution in [2.24, 2.45) is 0 Å². The van der Waals surface area contributed by atoms with Gasteiger partial charge in [0.05, 0.1) is 0 Å². The molecule has 0 bridgehead atoms. The second kappa shape index (κ2) is 7.49. The lowest BCUT2D eigenvalue weighted by Crippen LogP contribution is -2.31. The highest BCUT2D eigenvalue weighted by molar-refractivity contribution is 7.92. The van der Waals surface area contributed by atoms with Crippen LogP contribution in [0.1, 0.15) is 18.1 Å². The Morgan fingerprint density at radius 2 is 1.88 bits per heavy atom. The molecule has 2 aromatic rings. The van der Waals surface area contributed by atoms with E-state index < -0.39 is 21.0 Å². The highest BCUT2D eigenvalue weighted by atomic mass is 32.2. The van der Waals surface area contributed by atoms with Crippen LogP contribution in [0.5, 0.6) is 5.75 Å². The smallest absolute Gasteiger partial charge is 0.242 e. The zero-order chi connectivity index (χ0) is 17.7. The third kappa shape index (κ3) is 5.09. The predicted molar refractivity (Wildman–Crippen MR) is 94.9 cm³/mol. The van der Waals surface area contributed by atoms with Gasteiger partial charge in [0.1, 0.15) is 17.6 Å². The summed E-state index contributed by atoms with van der Waals surface area (Å²) in [5.74, 6) is 0.0367. The van der Waals surface area contributed by atoms with Gasteiger partial charge in [-0.25, -0.2) is 8.42 Å². The van der Waals surface area contributed by atoms with Crippen LogP contribution in [0.2, 0.25) is 0 Å². The fraction of sp³-hybridized carbons (Fsp3) is 0.278. The molecule has 6 heteroatoms. The number of anilines is 1. The van der Waals surface area contributed by atoms with Gasteiger partial charge in [0.15, 0.2) is 9.84 Å². The lowest BCUT2D eigenvalue weighted by molar-refractivity contribution is -0.115. The number of hydrogen-bond acceptors (Lipinski definition) is 4. The van der Waals surface area contributed by atoms with Crippen LogP contribution in [0.4, 0.5) is 5.69 Å². The summed E-state index contributed by atoms with van der Waals surface area (Å²) in [7, 11) is -3.43. The van der Waals surface area contributed by atoms with E-state index >= 15 is 0 Å². The van der Waals surface area contributed by atoms with E-state index in [2.05, 4.69) is 5.32 Å². The minimum absolute atomic E-state index is 0.415. The van der Waals surface area contributed by atoms with E-state index in [1.54, 1.807) is 24.3 Å². The van der Waals surface area contributed by atoms with E-state index in [1.807, 2.05) is 31.2 Å². The summed E-state index contributed by atoms with van der Waals surface area (Å²) in [5.41, 5.74) is 2.71. The number of carbonyl (C=O) groups is 1. The van der Waals surface area contributed by atoms with Gasteiger partial charge in [0.25, 0.3) is 0 Å². The molecule has 0 aromatic heterocycles. The number of rotatable bonds is 6. The largest absolute Gasteiger partial charge is 0.489 e. The van der Waals surface area contributed by atoms with Crippen LogP contribution in [0.3, 0.4) is 0 Å². The van der Waals surface area contributed by atoms with Gasteiger partial charge >= 0.3 is 0 Å². The van der Waals surface area contributed by atoms with Crippen molar-refractivity contribution >= 4 is 21.4 Å². The van der Waals surface area contributed by atoms with E-state index in [9.17, 15) is 13.2 Å². The molecule has 0 heterocycles. The number of benzene rings is 2. The van der Waals surface area contributed by atoms with Crippen molar-refractivity contribution in [2.45, 2.75) is 25.7 Å². The fourth-order valence-electron chi connectivity index (χ4n) is 2.07. The molecule has 2 rings (SSSR count). The Balaban J connectivity index is 2.02. The Morgan fingerprint density at radius 3 is 2.54 bits per heavy atom. The molecule has 5 nitrogen and oxygen atoms in total. The molecule has 0 saturated carbocycles. The van der Waals surface area contributed by atoms with Gasteiger partial charge in [-0.15, -0.1) is 0 Å². The first-order valence-corrected chi connectivity index (χ1v) is 9.49. The zero-order valence-electron chi connectivity index (χ0n) is 13.9. The predicted octanol–water partition coefficient (Wildman–Crippen LogP) is 2.95. The Morgan fingerprint density at radius 1 is 1.17 bits per heavy atom. The van der Waals surface area contributed by atoms with Crippen molar-refractivity contribution in [3.8, 4) is 5.75 Å². The van der Waals surface area contributed by atoms with E-state index in [0.29, 0.717) is 18.0 Å². The number of hydrogen-bond donors (Lipinski definition) is 1. The maximum atomic E-state index is 12.0. The second-order valence-electron chi connectivity index (χ2n) is 5.77. The van der Waals surface area contributed by atoms with Crippen molar-refractivity contribution < 1.29 is 17.9 Å². The average Bonchev–Trinajstić information content (AvgIpc) is 2.52. The van der Waals surface area contributed by atoms with Crippen molar-refractivity contribution in [1.29, 1.82) is 0 Å². The molecule has 0 unspecified atom stereocenters. The van der Waals surface area contributed by atoms with Gasteiger partial charge in [-0.1, -0.05) is 35.9 Å². The molecule has 1 amide bonds. The first-order chi connectivity index (χ1) is 11.3.